The Bertz CT molecular complexity index is 1960. The SMILES string of the molecule is CC(=O)NC1C(O)CC(OC=O)(OCC(CO)C(O)C2OC(OC=O)(OCC(CO)C(O)C3OC(O)(OC=O)CC(O)C3NC(C)=O)CC(O)C2NC(C)=O)OC1/C=N/NC(=O)CCN1C(=O)C=CC1=O. The molecule has 0 aliphatic carbocycles. The van der Waals surface area contributed by atoms with Gasteiger partial charge >= 0.3 is 17.9 Å². The number of hydrogen-bond acceptors (Lipinski definition) is 26. The lowest BCUT2D eigenvalue weighted by atomic mass is 9.87. The summed E-state index contributed by atoms with van der Waals surface area (Å²) >= 11 is 0. The van der Waals surface area contributed by atoms with Crippen molar-refractivity contribution in [2.24, 2.45) is 16.9 Å². The number of hydrogen-bond donors (Lipinski definition) is 12. The number of nitrogens with zero attached hydrogens (tertiary/aromatic N) is 2. The Kier molecular flexibility index (Phi) is 20.9. The van der Waals surface area contributed by atoms with E-state index in [2.05, 4.69) is 31.2 Å². The molecule has 4 heterocycles. The molecular formula is C40H58N6O25. The normalized spacial score (nSPS) is 33.5. The summed E-state index contributed by atoms with van der Waals surface area (Å²) < 4.78 is 43.5. The number of aliphatic hydroxyl groups is 8. The maximum Gasteiger partial charge on any atom is 0.332 e. The van der Waals surface area contributed by atoms with Crippen molar-refractivity contribution >= 4 is 61.1 Å². The lowest BCUT2D eigenvalue weighted by Crippen LogP contribution is -2.67. The Hall–Kier alpha value is -5.68. The number of ether oxygens (including phenoxy) is 8. The van der Waals surface area contributed by atoms with Gasteiger partial charge in [0.1, 0.15) is 18.3 Å². The second-order valence-electron chi connectivity index (χ2n) is 16.7. The lowest BCUT2D eigenvalue weighted by Gasteiger charge is -2.48. The molecule has 0 spiro atoms. The monoisotopic (exact) mass is 1020 g/mol. The van der Waals surface area contributed by atoms with Crippen LogP contribution in [0.25, 0.3) is 0 Å². The first kappa shape index (κ1) is 57.9. The van der Waals surface area contributed by atoms with Crippen molar-refractivity contribution in [1.82, 2.24) is 26.3 Å². The van der Waals surface area contributed by atoms with Crippen LogP contribution in [0, 0.1) is 11.8 Å². The van der Waals surface area contributed by atoms with E-state index in [-0.39, 0.29) is 26.0 Å². The highest BCUT2D eigenvalue weighted by Gasteiger charge is 2.56. The van der Waals surface area contributed by atoms with Crippen molar-refractivity contribution in [2.45, 2.75) is 131 Å². The zero-order chi connectivity index (χ0) is 52.8. The lowest BCUT2D eigenvalue weighted by molar-refractivity contribution is -0.417. The molecule has 31 heteroatoms. The summed E-state index contributed by atoms with van der Waals surface area (Å²) in [5, 5.41) is 99.1. The van der Waals surface area contributed by atoms with Gasteiger partial charge in [-0.2, -0.15) is 5.10 Å². The summed E-state index contributed by atoms with van der Waals surface area (Å²) in [4.78, 5) is 108. The molecule has 0 aromatic heterocycles. The van der Waals surface area contributed by atoms with Gasteiger partial charge < -0.3 is 94.7 Å². The fourth-order valence-corrected chi connectivity index (χ4v) is 8.06. The Morgan fingerprint density at radius 3 is 1.62 bits per heavy atom. The van der Waals surface area contributed by atoms with Crippen LogP contribution in [0.15, 0.2) is 17.3 Å². The summed E-state index contributed by atoms with van der Waals surface area (Å²) in [6, 6.07) is -4.46. The first-order valence-electron chi connectivity index (χ1n) is 21.7. The maximum atomic E-state index is 12.5. The molecule has 0 aromatic carbocycles. The summed E-state index contributed by atoms with van der Waals surface area (Å²) in [6.45, 7) is -1.60. The quantitative estimate of drug-likeness (QED) is 0.00956. The topological polar surface area (TPSA) is 453 Å². The predicted molar refractivity (Wildman–Crippen MR) is 223 cm³/mol. The highest BCUT2D eigenvalue weighted by Crippen LogP contribution is 2.38. The number of imide groups is 1. The molecular weight excluding hydrogens is 964 g/mol. The number of carbonyl (C=O) groups excluding carboxylic acids is 9. The number of carbonyl (C=O) groups is 9. The fraction of sp³-hybridized carbons (Fsp3) is 0.700. The molecule has 0 radical (unpaired) electrons. The minimum absolute atomic E-state index is 0.157. The fourth-order valence-electron chi connectivity index (χ4n) is 8.06. The van der Waals surface area contributed by atoms with Crippen molar-refractivity contribution in [3.05, 3.63) is 12.2 Å². The van der Waals surface area contributed by atoms with Gasteiger partial charge in [-0.15, -0.1) is 0 Å². The Balaban J connectivity index is 1.57. The summed E-state index contributed by atoms with van der Waals surface area (Å²) in [5.74, 6) is -15.7. The molecule has 0 bridgehead atoms. The molecule has 16 unspecified atom stereocenters. The zero-order valence-corrected chi connectivity index (χ0v) is 38.2. The minimum Gasteiger partial charge on any atom is -0.410 e. The van der Waals surface area contributed by atoms with Gasteiger partial charge in [-0.05, 0) is 0 Å². The molecule has 3 saturated heterocycles. The van der Waals surface area contributed by atoms with Gasteiger partial charge in [-0.3, -0.25) is 48.1 Å². The van der Waals surface area contributed by atoms with Gasteiger partial charge in [-0.25, -0.2) is 5.43 Å². The van der Waals surface area contributed by atoms with Crippen LogP contribution in [0.1, 0.15) is 46.5 Å². The highest BCUT2D eigenvalue weighted by atomic mass is 16.9. The van der Waals surface area contributed by atoms with E-state index in [1.165, 1.54) is 0 Å². The number of aliphatic hydroxyl groups excluding tert-OH is 7. The van der Waals surface area contributed by atoms with Crippen LogP contribution in [-0.2, 0) is 81.0 Å². The van der Waals surface area contributed by atoms with Gasteiger partial charge in [0, 0.05) is 57.7 Å². The zero-order valence-electron chi connectivity index (χ0n) is 38.2. The average Bonchev–Trinajstić information content (AvgIpc) is 3.61. The van der Waals surface area contributed by atoms with E-state index >= 15 is 0 Å². The molecule has 4 aliphatic rings. The highest BCUT2D eigenvalue weighted by molar-refractivity contribution is 6.13. The molecule has 398 valence electrons. The molecule has 0 aromatic rings. The Morgan fingerprint density at radius 1 is 0.718 bits per heavy atom. The van der Waals surface area contributed by atoms with E-state index < -0.39 is 184 Å². The molecule has 6 amide bonds. The predicted octanol–water partition coefficient (Wildman–Crippen LogP) is -8.19. The van der Waals surface area contributed by atoms with Crippen molar-refractivity contribution < 1.29 is 122 Å². The number of amides is 6. The van der Waals surface area contributed by atoms with Crippen LogP contribution in [0.2, 0.25) is 0 Å². The smallest absolute Gasteiger partial charge is 0.332 e. The Morgan fingerprint density at radius 2 is 1.15 bits per heavy atom. The number of nitrogens with one attached hydrogen (secondary N) is 4. The first-order chi connectivity index (χ1) is 33.5. The van der Waals surface area contributed by atoms with E-state index in [4.69, 9.17) is 33.2 Å². The Labute approximate surface area is 402 Å². The van der Waals surface area contributed by atoms with Gasteiger partial charge in [0.25, 0.3) is 31.2 Å². The minimum atomic E-state index is -2.83. The van der Waals surface area contributed by atoms with Crippen LogP contribution in [-0.4, -0.2) is 225 Å². The van der Waals surface area contributed by atoms with E-state index in [0.29, 0.717) is 0 Å². The van der Waals surface area contributed by atoms with Crippen LogP contribution < -0.4 is 21.4 Å². The third kappa shape index (κ3) is 15.2. The third-order valence-corrected chi connectivity index (χ3v) is 11.5. The molecule has 4 aliphatic heterocycles. The van der Waals surface area contributed by atoms with Gasteiger partial charge in [0.2, 0.25) is 23.6 Å². The second kappa shape index (κ2) is 25.6. The van der Waals surface area contributed by atoms with Gasteiger partial charge in [0.15, 0.2) is 0 Å². The van der Waals surface area contributed by atoms with E-state index in [9.17, 15) is 84.0 Å². The van der Waals surface area contributed by atoms with Crippen LogP contribution in [0.4, 0.5) is 0 Å². The first-order valence-corrected chi connectivity index (χ1v) is 21.7. The van der Waals surface area contributed by atoms with Crippen molar-refractivity contribution in [3.63, 3.8) is 0 Å². The largest absolute Gasteiger partial charge is 0.410 e. The summed E-state index contributed by atoms with van der Waals surface area (Å²) in [5.41, 5.74) is 2.12. The maximum absolute atomic E-state index is 12.5. The standard InChI is InChI=1S/C40H58N6O25/c1-19(52)42-31-25(56)9-39(67-17-50,69-27(31)11-41-45-28(58)6-7-46-29(59)4-5-30(46)60)64-14-23(13-48)35(62)37-33(44-21(3)54)26(57)10-40(71-37,68-18-51)65-15-22(12-47)34(61)36-32(43-20(2)53)24(55)8-38(63,70-36)66-16-49/h4-5,11,16-18,22-27,31-37,47-48,55-57,61-63H,6-10,12-15H2,1-3H3,(H,42,52)(H,43,53)(H,44,54)(H,45,58)/b41-11+. The van der Waals surface area contributed by atoms with E-state index in [1.807, 2.05) is 0 Å². The van der Waals surface area contributed by atoms with Crippen molar-refractivity contribution in [1.29, 1.82) is 0 Å². The van der Waals surface area contributed by atoms with E-state index in [1.54, 1.807) is 0 Å². The average molecular weight is 1020 g/mol. The third-order valence-electron chi connectivity index (χ3n) is 11.5. The molecule has 4 rings (SSSR count). The van der Waals surface area contributed by atoms with Gasteiger partial charge in [-0.1, -0.05) is 0 Å². The van der Waals surface area contributed by atoms with Gasteiger partial charge in [0.05, 0.1) is 101 Å². The summed E-state index contributed by atoms with van der Waals surface area (Å²) in [7, 11) is 0. The number of hydrazone groups is 1. The molecule has 31 nitrogen and oxygen atoms in total. The molecule has 12 N–H and O–H groups in total. The second-order valence-corrected chi connectivity index (χ2v) is 16.7. The molecule has 16 atom stereocenters. The van der Waals surface area contributed by atoms with Crippen LogP contribution in [0.5, 0.6) is 0 Å². The molecule has 3 fully saturated rings. The van der Waals surface area contributed by atoms with Crippen molar-refractivity contribution in [3.8, 4) is 0 Å². The summed E-state index contributed by atoms with van der Waals surface area (Å²) in [6.07, 6.45) is -14.7. The molecule has 71 heavy (non-hydrogen) atoms. The van der Waals surface area contributed by atoms with Crippen LogP contribution in [0.3, 0.4) is 0 Å². The molecule has 0 saturated carbocycles. The van der Waals surface area contributed by atoms with E-state index in [0.717, 1.165) is 44.0 Å². The number of rotatable bonds is 26. The van der Waals surface area contributed by atoms with Crippen molar-refractivity contribution in [2.75, 3.05) is 33.0 Å². The van der Waals surface area contributed by atoms with Crippen LogP contribution >= 0.6 is 0 Å².